The molecule has 1 aliphatic heterocycles. The first kappa shape index (κ1) is 15.2. The van der Waals surface area contributed by atoms with E-state index in [1.54, 1.807) is 35.4 Å². The SMILES string of the molecule is Cc1cn[nH]c1C1CCCN(S(=O)(=O)c2cn(C)nc2C)C1. The third-order valence-electron chi connectivity index (χ3n) is 4.25. The topological polar surface area (TPSA) is 83.9 Å². The van der Waals surface area contributed by atoms with Gasteiger partial charge in [0.05, 0.1) is 11.9 Å². The largest absolute Gasteiger partial charge is 0.282 e. The van der Waals surface area contributed by atoms with Crippen molar-refractivity contribution in [1.29, 1.82) is 0 Å². The van der Waals surface area contributed by atoms with Gasteiger partial charge in [-0.25, -0.2) is 8.42 Å². The number of hydrogen-bond acceptors (Lipinski definition) is 4. The van der Waals surface area contributed by atoms with Crippen molar-refractivity contribution in [1.82, 2.24) is 24.3 Å². The van der Waals surface area contributed by atoms with Gasteiger partial charge in [0.25, 0.3) is 0 Å². The number of nitrogens with zero attached hydrogens (tertiary/aromatic N) is 4. The Labute approximate surface area is 130 Å². The van der Waals surface area contributed by atoms with Crippen LogP contribution in [0.15, 0.2) is 17.3 Å². The van der Waals surface area contributed by atoms with Crippen molar-refractivity contribution in [2.24, 2.45) is 7.05 Å². The number of piperidine rings is 1. The Balaban J connectivity index is 1.88. The summed E-state index contributed by atoms with van der Waals surface area (Å²) in [5, 5.41) is 11.2. The fourth-order valence-corrected chi connectivity index (χ4v) is 4.86. The van der Waals surface area contributed by atoms with Gasteiger partial charge in [0.2, 0.25) is 10.0 Å². The number of hydrogen-bond donors (Lipinski definition) is 1. The van der Waals surface area contributed by atoms with E-state index in [4.69, 9.17) is 0 Å². The summed E-state index contributed by atoms with van der Waals surface area (Å²) in [5.74, 6) is 0.169. The molecule has 1 atom stereocenters. The first-order valence-electron chi connectivity index (χ1n) is 7.40. The molecule has 2 aromatic rings. The molecule has 1 N–H and O–H groups in total. The van der Waals surface area contributed by atoms with Gasteiger partial charge in [0.1, 0.15) is 4.90 Å². The summed E-state index contributed by atoms with van der Waals surface area (Å²) in [6.45, 7) is 4.77. The Morgan fingerprint density at radius 1 is 1.36 bits per heavy atom. The summed E-state index contributed by atoms with van der Waals surface area (Å²) in [5.41, 5.74) is 2.67. The van der Waals surface area contributed by atoms with Gasteiger partial charge in [-0.1, -0.05) is 0 Å². The molecule has 8 heteroatoms. The molecule has 22 heavy (non-hydrogen) atoms. The van der Waals surface area contributed by atoms with Crippen LogP contribution in [-0.2, 0) is 17.1 Å². The molecule has 0 radical (unpaired) electrons. The van der Waals surface area contributed by atoms with E-state index < -0.39 is 10.0 Å². The van der Waals surface area contributed by atoms with Gasteiger partial charge in [-0.2, -0.15) is 14.5 Å². The van der Waals surface area contributed by atoms with Crippen LogP contribution in [0.4, 0.5) is 0 Å². The van der Waals surface area contributed by atoms with Crippen molar-refractivity contribution in [3.63, 3.8) is 0 Å². The van der Waals surface area contributed by atoms with Gasteiger partial charge >= 0.3 is 0 Å². The summed E-state index contributed by atoms with van der Waals surface area (Å²) in [6, 6.07) is 0. The van der Waals surface area contributed by atoms with Crippen molar-refractivity contribution in [2.75, 3.05) is 13.1 Å². The molecule has 1 fully saturated rings. The molecule has 1 aliphatic rings. The van der Waals surface area contributed by atoms with E-state index in [0.717, 1.165) is 24.1 Å². The maximum Gasteiger partial charge on any atom is 0.246 e. The van der Waals surface area contributed by atoms with Gasteiger partial charge in [-0.05, 0) is 32.3 Å². The van der Waals surface area contributed by atoms with Crippen molar-refractivity contribution in [3.8, 4) is 0 Å². The molecule has 1 unspecified atom stereocenters. The lowest BCUT2D eigenvalue weighted by atomic mass is 9.94. The molecule has 120 valence electrons. The number of aromatic amines is 1. The lowest BCUT2D eigenvalue weighted by Gasteiger charge is -2.31. The van der Waals surface area contributed by atoms with Crippen molar-refractivity contribution in [2.45, 2.75) is 37.5 Å². The average molecular weight is 323 g/mol. The second kappa shape index (κ2) is 5.51. The standard InChI is InChI=1S/C14H21N5O2S/c1-10-7-15-16-14(10)12-5-4-6-19(8-12)22(20,21)13-9-18(3)17-11(13)2/h7,9,12H,4-6,8H2,1-3H3,(H,15,16). The molecule has 7 nitrogen and oxygen atoms in total. The van der Waals surface area contributed by atoms with Crippen molar-refractivity contribution < 1.29 is 8.42 Å². The molecule has 2 aromatic heterocycles. The third kappa shape index (κ3) is 2.56. The van der Waals surface area contributed by atoms with Crippen LogP contribution in [0.5, 0.6) is 0 Å². The summed E-state index contributed by atoms with van der Waals surface area (Å²) in [4.78, 5) is 0.303. The second-order valence-electron chi connectivity index (χ2n) is 5.92. The van der Waals surface area contributed by atoms with Crippen LogP contribution in [0.2, 0.25) is 0 Å². The molecule has 0 amide bonds. The Morgan fingerprint density at radius 2 is 2.14 bits per heavy atom. The molecule has 3 heterocycles. The molecule has 0 saturated carbocycles. The first-order chi connectivity index (χ1) is 10.4. The van der Waals surface area contributed by atoms with Gasteiger partial charge < -0.3 is 0 Å². The van der Waals surface area contributed by atoms with Crippen molar-refractivity contribution in [3.05, 3.63) is 29.3 Å². The minimum atomic E-state index is -3.49. The van der Waals surface area contributed by atoms with E-state index in [-0.39, 0.29) is 5.92 Å². The highest BCUT2D eigenvalue weighted by Gasteiger charge is 2.33. The highest BCUT2D eigenvalue weighted by molar-refractivity contribution is 7.89. The molecule has 1 saturated heterocycles. The van der Waals surface area contributed by atoms with E-state index in [9.17, 15) is 8.42 Å². The van der Waals surface area contributed by atoms with Crippen LogP contribution >= 0.6 is 0 Å². The molecular formula is C14H21N5O2S. The maximum absolute atomic E-state index is 12.9. The molecule has 0 spiro atoms. The minimum Gasteiger partial charge on any atom is -0.282 e. The molecule has 0 aromatic carbocycles. The number of nitrogens with one attached hydrogen (secondary N) is 1. The van der Waals surface area contributed by atoms with E-state index in [0.29, 0.717) is 23.7 Å². The van der Waals surface area contributed by atoms with Crippen LogP contribution in [-0.4, -0.2) is 45.8 Å². The van der Waals surface area contributed by atoms with Crippen LogP contribution in [0.3, 0.4) is 0 Å². The second-order valence-corrected chi connectivity index (χ2v) is 7.83. The Morgan fingerprint density at radius 3 is 2.73 bits per heavy atom. The fourth-order valence-electron chi connectivity index (χ4n) is 3.14. The third-order valence-corrected chi connectivity index (χ3v) is 6.21. The van der Waals surface area contributed by atoms with Crippen LogP contribution in [0.25, 0.3) is 0 Å². The fraction of sp³-hybridized carbons (Fsp3) is 0.571. The molecule has 0 aliphatic carbocycles. The van der Waals surface area contributed by atoms with E-state index >= 15 is 0 Å². The normalized spacial score (nSPS) is 20.4. The summed E-state index contributed by atoms with van der Waals surface area (Å²) >= 11 is 0. The van der Waals surface area contributed by atoms with E-state index in [1.807, 2.05) is 6.92 Å². The van der Waals surface area contributed by atoms with Crippen LogP contribution in [0, 0.1) is 13.8 Å². The molecule has 0 bridgehead atoms. The van der Waals surface area contributed by atoms with Crippen LogP contribution in [0.1, 0.15) is 35.7 Å². The smallest absolute Gasteiger partial charge is 0.246 e. The minimum absolute atomic E-state index is 0.169. The molecule has 3 rings (SSSR count). The highest BCUT2D eigenvalue weighted by Crippen LogP contribution is 2.31. The number of H-pyrrole nitrogens is 1. The Bertz CT molecular complexity index is 777. The van der Waals surface area contributed by atoms with Crippen LogP contribution < -0.4 is 0 Å². The van der Waals surface area contributed by atoms with Crippen molar-refractivity contribution >= 4 is 10.0 Å². The quantitative estimate of drug-likeness (QED) is 0.923. The highest BCUT2D eigenvalue weighted by atomic mass is 32.2. The van der Waals surface area contributed by atoms with E-state index in [1.165, 1.54) is 0 Å². The lowest BCUT2D eigenvalue weighted by molar-refractivity contribution is 0.312. The Hall–Kier alpha value is -1.67. The summed E-state index contributed by atoms with van der Waals surface area (Å²) in [7, 11) is -1.76. The molecular weight excluding hydrogens is 302 g/mol. The zero-order chi connectivity index (χ0) is 15.9. The predicted molar refractivity (Wildman–Crippen MR) is 82.0 cm³/mol. The lowest BCUT2D eigenvalue weighted by Crippen LogP contribution is -2.39. The number of sulfonamides is 1. The van der Waals surface area contributed by atoms with Gasteiger partial charge in [-0.3, -0.25) is 9.78 Å². The Kier molecular flexibility index (Phi) is 3.82. The monoisotopic (exact) mass is 323 g/mol. The first-order valence-corrected chi connectivity index (χ1v) is 8.84. The number of rotatable bonds is 3. The predicted octanol–water partition coefficient (Wildman–Crippen LogP) is 1.33. The number of aromatic nitrogens is 4. The summed E-state index contributed by atoms with van der Waals surface area (Å²) in [6.07, 6.45) is 5.19. The zero-order valence-corrected chi connectivity index (χ0v) is 13.9. The average Bonchev–Trinajstić information content (AvgIpc) is 3.05. The van der Waals surface area contributed by atoms with Gasteiger partial charge in [0.15, 0.2) is 0 Å². The van der Waals surface area contributed by atoms with E-state index in [2.05, 4.69) is 15.3 Å². The van der Waals surface area contributed by atoms with Gasteiger partial charge in [0, 0.05) is 37.9 Å². The van der Waals surface area contributed by atoms with Gasteiger partial charge in [-0.15, -0.1) is 0 Å². The zero-order valence-electron chi connectivity index (χ0n) is 13.1. The summed E-state index contributed by atoms with van der Waals surface area (Å²) < 4.78 is 28.9. The number of aryl methyl sites for hydroxylation is 3. The maximum atomic E-state index is 12.9.